The van der Waals surface area contributed by atoms with Crippen LogP contribution in [0.1, 0.15) is 31.4 Å². The van der Waals surface area contributed by atoms with E-state index in [0.29, 0.717) is 0 Å². The van der Waals surface area contributed by atoms with E-state index in [0.717, 1.165) is 17.4 Å². The van der Waals surface area contributed by atoms with Gasteiger partial charge >= 0.3 is 6.18 Å². The maximum absolute atomic E-state index is 12.7. The Bertz CT molecular complexity index is 533. The molecule has 1 aliphatic carbocycles. The third-order valence-corrected chi connectivity index (χ3v) is 3.81. The van der Waals surface area contributed by atoms with Crippen LogP contribution in [0.3, 0.4) is 0 Å². The van der Waals surface area contributed by atoms with Crippen molar-refractivity contribution >= 4 is 5.91 Å². The largest absolute Gasteiger partial charge is 0.451 e. The fourth-order valence-corrected chi connectivity index (χ4v) is 2.32. The Morgan fingerprint density at radius 3 is 2.53 bits per heavy atom. The molecule has 1 aliphatic heterocycles. The second-order valence-electron chi connectivity index (χ2n) is 5.38. The first-order chi connectivity index (χ1) is 8.81. The summed E-state index contributed by atoms with van der Waals surface area (Å²) >= 11 is 0. The van der Waals surface area contributed by atoms with Gasteiger partial charge in [0.15, 0.2) is 5.82 Å². The number of nitrogens with zero attached hydrogens (tertiary/aromatic N) is 4. The first kappa shape index (κ1) is 12.4. The summed E-state index contributed by atoms with van der Waals surface area (Å²) in [4.78, 5) is 13.7. The number of amides is 1. The minimum absolute atomic E-state index is 0.00955. The van der Waals surface area contributed by atoms with Crippen LogP contribution in [0.25, 0.3) is 0 Å². The summed E-state index contributed by atoms with van der Waals surface area (Å²) in [5, 5.41) is 6.75. The number of hydrogen-bond donors (Lipinski definition) is 0. The van der Waals surface area contributed by atoms with Gasteiger partial charge in [0.05, 0.1) is 6.54 Å². The normalized spacial score (nSPS) is 21.2. The molecule has 2 aliphatic rings. The van der Waals surface area contributed by atoms with Crippen LogP contribution in [0.4, 0.5) is 13.2 Å². The lowest BCUT2D eigenvalue weighted by molar-refractivity contribution is -0.148. The molecule has 104 valence electrons. The molecule has 5 nitrogen and oxygen atoms in total. The molecule has 19 heavy (non-hydrogen) atoms. The van der Waals surface area contributed by atoms with Crippen LogP contribution < -0.4 is 0 Å². The topological polar surface area (TPSA) is 51.0 Å². The van der Waals surface area contributed by atoms with Gasteiger partial charge in [-0.1, -0.05) is 6.92 Å². The predicted molar refractivity (Wildman–Crippen MR) is 57.8 cm³/mol. The number of hydrogen-bond acceptors (Lipinski definition) is 3. The number of fused-ring (bicyclic) bond motifs is 1. The lowest BCUT2D eigenvalue weighted by Crippen LogP contribution is -2.42. The molecular weight excluding hydrogens is 261 g/mol. The highest BCUT2D eigenvalue weighted by Crippen LogP contribution is 2.47. The van der Waals surface area contributed by atoms with E-state index >= 15 is 0 Å². The van der Waals surface area contributed by atoms with E-state index < -0.39 is 12.0 Å². The van der Waals surface area contributed by atoms with Crippen LogP contribution in [-0.2, 0) is 24.1 Å². The molecule has 0 aromatic carbocycles. The summed E-state index contributed by atoms with van der Waals surface area (Å²) in [6.45, 7) is 2.37. The maximum Gasteiger partial charge on any atom is 0.451 e. The Balaban J connectivity index is 1.82. The van der Waals surface area contributed by atoms with Crippen LogP contribution in [0.2, 0.25) is 0 Å². The lowest BCUT2D eigenvalue weighted by Gasteiger charge is -2.30. The Hall–Kier alpha value is -1.60. The van der Waals surface area contributed by atoms with E-state index in [2.05, 4.69) is 10.2 Å². The number of halogens is 3. The first-order valence-electron chi connectivity index (χ1n) is 6.10. The van der Waals surface area contributed by atoms with Crippen molar-refractivity contribution in [3.05, 3.63) is 11.6 Å². The molecular formula is C11H13F3N4O. The van der Waals surface area contributed by atoms with Gasteiger partial charge in [0.1, 0.15) is 0 Å². The van der Waals surface area contributed by atoms with Gasteiger partial charge in [-0.05, 0) is 12.8 Å². The molecule has 0 atom stereocenters. The summed E-state index contributed by atoms with van der Waals surface area (Å²) in [6.07, 6.45) is -2.80. The molecule has 8 heteroatoms. The zero-order valence-electron chi connectivity index (χ0n) is 10.4. The number of carbonyl (C=O) groups is 1. The molecule has 1 aromatic rings. The summed E-state index contributed by atoms with van der Waals surface area (Å²) < 4.78 is 39.0. The fourth-order valence-electron chi connectivity index (χ4n) is 2.32. The van der Waals surface area contributed by atoms with Crippen molar-refractivity contribution in [3.63, 3.8) is 0 Å². The Labute approximate surface area is 107 Å². The van der Waals surface area contributed by atoms with Crippen molar-refractivity contribution in [1.29, 1.82) is 0 Å². The van der Waals surface area contributed by atoms with Gasteiger partial charge in [0, 0.05) is 18.5 Å². The average molecular weight is 274 g/mol. The number of alkyl halides is 3. The van der Waals surface area contributed by atoms with Gasteiger partial charge in [-0.25, -0.2) is 0 Å². The van der Waals surface area contributed by atoms with Crippen molar-refractivity contribution in [1.82, 2.24) is 19.7 Å². The number of rotatable bonds is 1. The fraction of sp³-hybridized carbons (Fsp3) is 0.727. The van der Waals surface area contributed by atoms with Crippen LogP contribution >= 0.6 is 0 Å². The number of carbonyl (C=O) groups excluding carboxylic acids is 1. The highest BCUT2D eigenvalue weighted by atomic mass is 19.4. The maximum atomic E-state index is 12.7. The van der Waals surface area contributed by atoms with Gasteiger partial charge in [-0.2, -0.15) is 13.2 Å². The standard InChI is InChI=1S/C11H13F3N4O/c1-10(2-3-10)9(19)17-4-5-18-7(6-17)15-16-8(18)11(12,13)14/h2-6H2,1H3. The Kier molecular flexibility index (Phi) is 2.42. The predicted octanol–water partition coefficient (Wildman–Crippen LogP) is 1.44. The lowest BCUT2D eigenvalue weighted by atomic mass is 10.1. The summed E-state index contributed by atoms with van der Waals surface area (Å²) in [6, 6.07) is 0. The van der Waals surface area contributed by atoms with Crippen molar-refractivity contribution in [3.8, 4) is 0 Å². The van der Waals surface area contributed by atoms with Crippen molar-refractivity contribution in [2.75, 3.05) is 6.54 Å². The van der Waals surface area contributed by atoms with Crippen molar-refractivity contribution in [2.24, 2.45) is 5.41 Å². The second kappa shape index (κ2) is 3.71. The molecule has 0 saturated heterocycles. The SMILES string of the molecule is CC1(C(=O)N2CCn3c(nnc3C(F)(F)F)C2)CC1. The Morgan fingerprint density at radius 2 is 1.95 bits per heavy atom. The van der Waals surface area contributed by atoms with E-state index in [1.54, 1.807) is 4.90 Å². The molecule has 1 saturated carbocycles. The third-order valence-electron chi connectivity index (χ3n) is 3.81. The Morgan fingerprint density at radius 1 is 1.26 bits per heavy atom. The van der Waals surface area contributed by atoms with E-state index in [9.17, 15) is 18.0 Å². The average Bonchev–Trinajstić information content (AvgIpc) is 2.93. The molecule has 0 bridgehead atoms. The van der Waals surface area contributed by atoms with Crippen LogP contribution in [0.15, 0.2) is 0 Å². The minimum atomic E-state index is -4.50. The highest BCUT2D eigenvalue weighted by Gasteiger charge is 2.48. The van der Waals surface area contributed by atoms with E-state index in [1.165, 1.54) is 0 Å². The molecule has 2 heterocycles. The van der Waals surface area contributed by atoms with Crippen LogP contribution in [-0.4, -0.2) is 32.1 Å². The monoisotopic (exact) mass is 274 g/mol. The summed E-state index contributed by atoms with van der Waals surface area (Å²) in [5.41, 5.74) is -0.310. The molecule has 1 amide bonds. The zero-order valence-corrected chi connectivity index (χ0v) is 10.4. The smallest absolute Gasteiger partial charge is 0.333 e. The molecule has 0 unspecified atom stereocenters. The molecule has 3 rings (SSSR count). The van der Waals surface area contributed by atoms with Gasteiger partial charge in [0.2, 0.25) is 11.7 Å². The van der Waals surface area contributed by atoms with Gasteiger partial charge in [-0.3, -0.25) is 4.79 Å². The van der Waals surface area contributed by atoms with E-state index in [1.807, 2.05) is 6.92 Å². The minimum Gasteiger partial charge on any atom is -0.333 e. The summed E-state index contributed by atoms with van der Waals surface area (Å²) in [5.74, 6) is -0.765. The van der Waals surface area contributed by atoms with E-state index in [-0.39, 0.29) is 36.8 Å². The van der Waals surface area contributed by atoms with Crippen LogP contribution in [0, 0.1) is 5.41 Å². The molecule has 0 radical (unpaired) electrons. The van der Waals surface area contributed by atoms with Crippen LogP contribution in [0.5, 0.6) is 0 Å². The molecule has 1 fully saturated rings. The quantitative estimate of drug-likeness (QED) is 0.778. The summed E-state index contributed by atoms with van der Waals surface area (Å²) in [7, 11) is 0. The molecule has 0 N–H and O–H groups in total. The zero-order chi connectivity index (χ0) is 13.8. The molecule has 0 spiro atoms. The number of aromatic nitrogens is 3. The van der Waals surface area contributed by atoms with E-state index in [4.69, 9.17) is 0 Å². The van der Waals surface area contributed by atoms with Gasteiger partial charge < -0.3 is 9.47 Å². The molecule has 1 aromatic heterocycles. The van der Waals surface area contributed by atoms with Crippen molar-refractivity contribution in [2.45, 2.75) is 39.0 Å². The van der Waals surface area contributed by atoms with Crippen molar-refractivity contribution < 1.29 is 18.0 Å². The van der Waals surface area contributed by atoms with Gasteiger partial charge in [-0.15, -0.1) is 10.2 Å². The first-order valence-corrected chi connectivity index (χ1v) is 6.10. The second-order valence-corrected chi connectivity index (χ2v) is 5.38. The van der Waals surface area contributed by atoms with Gasteiger partial charge in [0.25, 0.3) is 0 Å². The highest BCUT2D eigenvalue weighted by molar-refractivity contribution is 5.84. The third kappa shape index (κ3) is 1.98.